The van der Waals surface area contributed by atoms with Crippen molar-refractivity contribution >= 4 is 17.1 Å². The Bertz CT molecular complexity index is 1370. The van der Waals surface area contributed by atoms with Crippen LogP contribution in [0.3, 0.4) is 0 Å². The van der Waals surface area contributed by atoms with Crippen LogP contribution in [0.15, 0.2) is 60.7 Å². The lowest BCUT2D eigenvalue weighted by atomic mass is 10.0. The Morgan fingerprint density at radius 2 is 1.17 bits per heavy atom. The van der Waals surface area contributed by atoms with Gasteiger partial charge >= 0.3 is 0 Å². The van der Waals surface area contributed by atoms with E-state index in [2.05, 4.69) is 0 Å². The Hall–Kier alpha value is -4.12. The van der Waals surface area contributed by atoms with Gasteiger partial charge in [0, 0.05) is 28.9 Å². The molecule has 0 spiro atoms. The minimum Gasteiger partial charge on any atom is -0.508 e. The van der Waals surface area contributed by atoms with Gasteiger partial charge in [-0.15, -0.1) is 0 Å². The van der Waals surface area contributed by atoms with E-state index in [1.807, 2.05) is 88.9 Å². The van der Waals surface area contributed by atoms with Crippen LogP contribution in [0.5, 0.6) is 28.7 Å². The van der Waals surface area contributed by atoms with E-state index in [9.17, 15) is 15.3 Å². The first-order valence-electron chi connectivity index (χ1n) is 11.5. The SMILES string of the molecule is Cc1cc(O)c(C)c(N(c2cccc(Oc3cc(O)c(C)cc3C)c2)c2cc(C)cc(O)c2C)c1. The van der Waals surface area contributed by atoms with Crippen molar-refractivity contribution < 1.29 is 20.1 Å². The maximum Gasteiger partial charge on any atom is 0.134 e. The minimum absolute atomic E-state index is 0.181. The molecule has 4 rings (SSSR count). The quantitative estimate of drug-likeness (QED) is 0.277. The second-order valence-electron chi connectivity index (χ2n) is 9.20. The molecule has 0 aliphatic heterocycles. The van der Waals surface area contributed by atoms with E-state index in [1.165, 1.54) is 0 Å². The Kier molecular flexibility index (Phi) is 6.35. The normalized spacial score (nSPS) is 10.9. The molecule has 0 unspecified atom stereocenters. The molecule has 0 aliphatic rings. The summed E-state index contributed by atoms with van der Waals surface area (Å²) in [5.41, 5.74) is 7.40. The molecule has 0 amide bonds. The van der Waals surface area contributed by atoms with Gasteiger partial charge in [0.15, 0.2) is 0 Å². The Balaban J connectivity index is 1.90. The molecule has 0 saturated heterocycles. The highest BCUT2D eigenvalue weighted by atomic mass is 16.5. The summed E-state index contributed by atoms with van der Waals surface area (Å²) in [6.07, 6.45) is 0. The molecular weight excluding hydrogens is 438 g/mol. The van der Waals surface area contributed by atoms with Crippen molar-refractivity contribution in [2.45, 2.75) is 41.5 Å². The summed E-state index contributed by atoms with van der Waals surface area (Å²) in [7, 11) is 0. The summed E-state index contributed by atoms with van der Waals surface area (Å²) in [6, 6.07) is 18.7. The lowest BCUT2D eigenvalue weighted by molar-refractivity contribution is 0.450. The number of anilines is 3. The molecular formula is C30H31NO4. The molecule has 4 aromatic carbocycles. The first kappa shape index (κ1) is 24.0. The molecule has 0 saturated carbocycles. The first-order valence-corrected chi connectivity index (χ1v) is 11.5. The summed E-state index contributed by atoms with van der Waals surface area (Å²) >= 11 is 0. The van der Waals surface area contributed by atoms with Crippen molar-refractivity contribution in [1.82, 2.24) is 0 Å². The van der Waals surface area contributed by atoms with Crippen LogP contribution in [-0.2, 0) is 0 Å². The fourth-order valence-corrected chi connectivity index (χ4v) is 4.26. The summed E-state index contributed by atoms with van der Waals surface area (Å²) < 4.78 is 6.18. The van der Waals surface area contributed by atoms with Crippen molar-refractivity contribution in [2.75, 3.05) is 4.90 Å². The van der Waals surface area contributed by atoms with Crippen molar-refractivity contribution in [2.24, 2.45) is 0 Å². The molecule has 0 fully saturated rings. The molecule has 0 bridgehead atoms. The zero-order valence-corrected chi connectivity index (χ0v) is 21.0. The molecule has 4 aromatic rings. The fraction of sp³-hybridized carbons (Fsp3) is 0.200. The number of phenols is 3. The van der Waals surface area contributed by atoms with Gasteiger partial charge in [0.2, 0.25) is 0 Å². The third-order valence-corrected chi connectivity index (χ3v) is 6.27. The van der Waals surface area contributed by atoms with Gasteiger partial charge in [0.1, 0.15) is 28.7 Å². The Labute approximate surface area is 206 Å². The second-order valence-corrected chi connectivity index (χ2v) is 9.20. The van der Waals surface area contributed by atoms with Crippen LogP contribution >= 0.6 is 0 Å². The third-order valence-electron chi connectivity index (χ3n) is 6.27. The summed E-state index contributed by atoms with van der Waals surface area (Å²) in [5, 5.41) is 31.4. The molecule has 0 aromatic heterocycles. The molecule has 0 atom stereocenters. The zero-order chi connectivity index (χ0) is 25.4. The number of hydrogen-bond donors (Lipinski definition) is 3. The fourth-order valence-electron chi connectivity index (χ4n) is 4.26. The van der Waals surface area contributed by atoms with E-state index in [-0.39, 0.29) is 17.2 Å². The summed E-state index contributed by atoms with van der Waals surface area (Å²) in [6.45, 7) is 11.4. The predicted octanol–water partition coefficient (Wildman–Crippen LogP) is 7.92. The highest BCUT2D eigenvalue weighted by Gasteiger charge is 2.21. The molecule has 180 valence electrons. The van der Waals surface area contributed by atoms with Gasteiger partial charge in [-0.25, -0.2) is 0 Å². The molecule has 5 heteroatoms. The first-order chi connectivity index (χ1) is 16.5. The largest absolute Gasteiger partial charge is 0.508 e. The van der Waals surface area contributed by atoms with E-state index in [4.69, 9.17) is 4.74 Å². The van der Waals surface area contributed by atoms with Crippen molar-refractivity contribution in [3.8, 4) is 28.7 Å². The highest BCUT2D eigenvalue weighted by molar-refractivity contribution is 5.83. The van der Waals surface area contributed by atoms with Crippen molar-refractivity contribution in [3.05, 3.63) is 94.0 Å². The lowest BCUT2D eigenvalue weighted by Gasteiger charge is -2.30. The average molecular weight is 470 g/mol. The monoisotopic (exact) mass is 469 g/mol. The van der Waals surface area contributed by atoms with E-state index in [0.717, 1.165) is 50.4 Å². The van der Waals surface area contributed by atoms with Crippen molar-refractivity contribution in [3.63, 3.8) is 0 Å². The van der Waals surface area contributed by atoms with Gasteiger partial charge in [-0.05, 0) is 106 Å². The molecule has 0 heterocycles. The minimum atomic E-state index is 0.181. The smallest absolute Gasteiger partial charge is 0.134 e. The Morgan fingerprint density at radius 1 is 0.600 bits per heavy atom. The Morgan fingerprint density at radius 3 is 1.74 bits per heavy atom. The van der Waals surface area contributed by atoms with Crippen LogP contribution in [0.2, 0.25) is 0 Å². The highest BCUT2D eigenvalue weighted by Crippen LogP contribution is 2.44. The standard InChI is InChI=1S/C30H31NO4/c1-17-10-25(21(5)28(33)12-17)31(26-11-18(2)13-29(34)22(26)6)23-8-7-9-24(15-23)35-30-16-27(32)19(3)14-20(30)4/h7-16,32-34H,1-6H3. The van der Waals surface area contributed by atoms with Gasteiger partial charge in [-0.1, -0.05) is 6.07 Å². The summed E-state index contributed by atoms with van der Waals surface area (Å²) in [4.78, 5) is 2.02. The molecule has 35 heavy (non-hydrogen) atoms. The van der Waals surface area contributed by atoms with E-state index < -0.39 is 0 Å². The maximum absolute atomic E-state index is 10.6. The average Bonchev–Trinajstić information content (AvgIpc) is 2.79. The van der Waals surface area contributed by atoms with E-state index >= 15 is 0 Å². The van der Waals surface area contributed by atoms with Crippen LogP contribution in [0.25, 0.3) is 0 Å². The number of benzene rings is 4. The van der Waals surface area contributed by atoms with Gasteiger partial charge in [-0.2, -0.15) is 0 Å². The van der Waals surface area contributed by atoms with Crippen LogP contribution in [0.4, 0.5) is 17.1 Å². The van der Waals surface area contributed by atoms with Crippen LogP contribution in [0, 0.1) is 41.5 Å². The number of hydrogen-bond acceptors (Lipinski definition) is 5. The van der Waals surface area contributed by atoms with Gasteiger partial charge in [0.25, 0.3) is 0 Å². The molecule has 0 aliphatic carbocycles. The van der Waals surface area contributed by atoms with E-state index in [0.29, 0.717) is 11.5 Å². The molecule has 5 nitrogen and oxygen atoms in total. The zero-order valence-electron chi connectivity index (χ0n) is 21.0. The predicted molar refractivity (Wildman–Crippen MR) is 141 cm³/mol. The third kappa shape index (κ3) is 4.76. The maximum atomic E-state index is 10.6. The number of rotatable bonds is 5. The van der Waals surface area contributed by atoms with Crippen molar-refractivity contribution in [1.29, 1.82) is 0 Å². The van der Waals surface area contributed by atoms with Gasteiger partial charge < -0.3 is 25.0 Å². The van der Waals surface area contributed by atoms with E-state index in [1.54, 1.807) is 18.2 Å². The van der Waals surface area contributed by atoms with Crippen LogP contribution in [0.1, 0.15) is 33.4 Å². The topological polar surface area (TPSA) is 73.2 Å². The van der Waals surface area contributed by atoms with Crippen LogP contribution in [-0.4, -0.2) is 15.3 Å². The lowest BCUT2D eigenvalue weighted by Crippen LogP contribution is -2.13. The second kappa shape index (κ2) is 9.26. The summed E-state index contributed by atoms with van der Waals surface area (Å²) in [5.74, 6) is 1.77. The molecule has 0 radical (unpaired) electrons. The number of aryl methyl sites for hydroxylation is 4. The number of nitrogens with zero attached hydrogens (tertiary/aromatic N) is 1. The number of aromatic hydroxyl groups is 3. The van der Waals surface area contributed by atoms with Crippen LogP contribution < -0.4 is 9.64 Å². The molecule has 3 N–H and O–H groups in total. The number of ether oxygens (including phenoxy) is 1. The number of phenolic OH excluding ortho intramolecular Hbond substituents is 3. The van der Waals surface area contributed by atoms with Gasteiger partial charge in [0.05, 0.1) is 11.4 Å². The van der Waals surface area contributed by atoms with Gasteiger partial charge in [-0.3, -0.25) is 0 Å².